The second-order valence-corrected chi connectivity index (χ2v) is 4.40. The maximum Gasteiger partial charge on any atom is 0.330 e. The maximum absolute atomic E-state index is 10.5. The lowest BCUT2D eigenvalue weighted by atomic mass is 10.3. The molecular formula is C13H21N3O2. The summed E-state index contributed by atoms with van der Waals surface area (Å²) in [4.78, 5) is 10.5. The third kappa shape index (κ3) is 4.71. The Morgan fingerprint density at radius 2 is 2.28 bits per heavy atom. The van der Waals surface area contributed by atoms with E-state index in [1.54, 1.807) is 13.0 Å². The van der Waals surface area contributed by atoms with Crippen LogP contribution in [0.5, 0.6) is 0 Å². The molecule has 0 fully saturated rings. The van der Waals surface area contributed by atoms with Crippen LogP contribution in [0.15, 0.2) is 17.7 Å². The molecule has 1 aromatic rings. The minimum atomic E-state index is -0.862. The van der Waals surface area contributed by atoms with Gasteiger partial charge in [-0.1, -0.05) is 6.08 Å². The Morgan fingerprint density at radius 1 is 1.56 bits per heavy atom. The first-order valence-electron chi connectivity index (χ1n) is 6.12. The highest BCUT2D eigenvalue weighted by molar-refractivity contribution is 5.85. The van der Waals surface area contributed by atoms with Gasteiger partial charge in [-0.05, 0) is 39.8 Å². The maximum atomic E-state index is 10.5. The van der Waals surface area contributed by atoms with Crippen molar-refractivity contribution in [1.82, 2.24) is 15.1 Å². The summed E-state index contributed by atoms with van der Waals surface area (Å²) in [7, 11) is 0. The van der Waals surface area contributed by atoms with Gasteiger partial charge in [0.25, 0.3) is 0 Å². The molecule has 5 heteroatoms. The zero-order valence-electron chi connectivity index (χ0n) is 11.2. The summed E-state index contributed by atoms with van der Waals surface area (Å²) < 4.78 is 2.00. The van der Waals surface area contributed by atoms with Crippen molar-refractivity contribution < 1.29 is 9.90 Å². The lowest BCUT2D eigenvalue weighted by Gasteiger charge is -2.05. The van der Waals surface area contributed by atoms with Crippen molar-refractivity contribution in [3.05, 3.63) is 29.1 Å². The molecule has 0 saturated heterocycles. The van der Waals surface area contributed by atoms with Gasteiger partial charge in [-0.2, -0.15) is 5.10 Å². The molecule has 0 radical (unpaired) electrons. The van der Waals surface area contributed by atoms with Crippen LogP contribution in [-0.2, 0) is 11.3 Å². The molecule has 0 aliphatic carbocycles. The number of nitrogens with zero attached hydrogens (tertiary/aromatic N) is 2. The van der Waals surface area contributed by atoms with Gasteiger partial charge in [-0.25, -0.2) is 4.79 Å². The summed E-state index contributed by atoms with van der Waals surface area (Å²) >= 11 is 0. The van der Waals surface area contributed by atoms with Gasteiger partial charge >= 0.3 is 5.97 Å². The van der Waals surface area contributed by atoms with Crippen LogP contribution in [-0.4, -0.2) is 33.9 Å². The number of carbonyl (C=O) groups is 1. The zero-order valence-corrected chi connectivity index (χ0v) is 11.2. The Labute approximate surface area is 108 Å². The monoisotopic (exact) mass is 251 g/mol. The predicted molar refractivity (Wildman–Crippen MR) is 70.6 cm³/mol. The van der Waals surface area contributed by atoms with Crippen LogP contribution in [0.2, 0.25) is 0 Å². The van der Waals surface area contributed by atoms with E-state index in [-0.39, 0.29) is 0 Å². The second kappa shape index (κ2) is 6.96. The summed E-state index contributed by atoms with van der Waals surface area (Å²) in [6.07, 6.45) is 2.66. The Hall–Kier alpha value is -1.62. The van der Waals surface area contributed by atoms with Gasteiger partial charge in [-0.3, -0.25) is 4.68 Å². The summed E-state index contributed by atoms with van der Waals surface area (Å²) in [5, 5.41) is 16.2. The molecule has 1 heterocycles. The molecule has 0 aromatic carbocycles. The number of nitrogens with one attached hydrogen (secondary N) is 1. The number of rotatable bonds is 7. The summed E-state index contributed by atoms with van der Waals surface area (Å²) in [5.41, 5.74) is 2.59. The van der Waals surface area contributed by atoms with Crippen molar-refractivity contribution >= 4 is 5.97 Å². The normalized spacial score (nSPS) is 11.8. The molecule has 5 nitrogen and oxygen atoms in total. The number of carboxylic acids is 1. The molecule has 0 spiro atoms. The van der Waals surface area contributed by atoms with Crippen LogP contribution >= 0.6 is 0 Å². The average Bonchev–Trinajstić information content (AvgIpc) is 2.61. The van der Waals surface area contributed by atoms with Crippen LogP contribution in [0.3, 0.4) is 0 Å². The van der Waals surface area contributed by atoms with Crippen LogP contribution in [0.1, 0.15) is 24.7 Å². The number of aryl methyl sites for hydroxylation is 3. The number of hydrogen-bond donors (Lipinski definition) is 2. The average molecular weight is 251 g/mol. The van der Waals surface area contributed by atoms with Gasteiger partial charge in [0, 0.05) is 24.4 Å². The molecule has 0 aliphatic rings. The molecule has 0 unspecified atom stereocenters. The second-order valence-electron chi connectivity index (χ2n) is 4.40. The van der Waals surface area contributed by atoms with Crippen molar-refractivity contribution in [1.29, 1.82) is 0 Å². The molecule has 100 valence electrons. The first kappa shape index (κ1) is 14.4. The van der Waals surface area contributed by atoms with Gasteiger partial charge in [0.1, 0.15) is 0 Å². The Balaban J connectivity index is 2.18. The number of hydrogen-bond acceptors (Lipinski definition) is 3. The summed E-state index contributed by atoms with van der Waals surface area (Å²) in [6.45, 7) is 7.96. The van der Waals surface area contributed by atoms with Gasteiger partial charge in [0.2, 0.25) is 0 Å². The van der Waals surface area contributed by atoms with E-state index in [9.17, 15) is 4.79 Å². The van der Waals surface area contributed by atoms with Crippen molar-refractivity contribution in [2.75, 3.05) is 13.1 Å². The van der Waals surface area contributed by atoms with Crippen molar-refractivity contribution in [2.24, 2.45) is 0 Å². The molecule has 18 heavy (non-hydrogen) atoms. The van der Waals surface area contributed by atoms with E-state index in [0.717, 1.165) is 25.2 Å². The largest absolute Gasteiger partial charge is 0.478 e. The Kier molecular flexibility index (Phi) is 5.58. The summed E-state index contributed by atoms with van der Waals surface area (Å²) in [5.74, 6) is -0.862. The smallest absolute Gasteiger partial charge is 0.330 e. The molecule has 0 aliphatic heterocycles. The van der Waals surface area contributed by atoms with Crippen LogP contribution in [0.4, 0.5) is 0 Å². The molecule has 0 bridgehead atoms. The molecule has 0 saturated carbocycles. The van der Waals surface area contributed by atoms with Gasteiger partial charge in [-0.15, -0.1) is 0 Å². The Morgan fingerprint density at radius 3 is 2.83 bits per heavy atom. The molecular weight excluding hydrogens is 230 g/mol. The number of carboxylic acid groups (broad SMARTS) is 1. The quantitative estimate of drug-likeness (QED) is 0.569. The van der Waals surface area contributed by atoms with Gasteiger partial charge in [0.15, 0.2) is 0 Å². The number of aromatic nitrogens is 2. The highest BCUT2D eigenvalue weighted by atomic mass is 16.4. The van der Waals surface area contributed by atoms with Crippen LogP contribution in [0, 0.1) is 13.8 Å². The molecule has 0 amide bonds. The van der Waals surface area contributed by atoms with Crippen molar-refractivity contribution in [3.63, 3.8) is 0 Å². The summed E-state index contributed by atoms with van der Waals surface area (Å²) in [6, 6.07) is 2.06. The molecule has 1 aromatic heterocycles. The van der Waals surface area contributed by atoms with E-state index >= 15 is 0 Å². The minimum absolute atomic E-state index is 0.376. The SMILES string of the molecule is C/C(=C/CNCCCn1nc(C)cc1C)C(=O)O. The third-order valence-corrected chi connectivity index (χ3v) is 2.72. The Bertz CT molecular complexity index is 435. The fourth-order valence-corrected chi connectivity index (χ4v) is 1.67. The van der Waals surface area contributed by atoms with Crippen LogP contribution < -0.4 is 5.32 Å². The lowest BCUT2D eigenvalue weighted by Crippen LogP contribution is -2.18. The lowest BCUT2D eigenvalue weighted by molar-refractivity contribution is -0.132. The highest BCUT2D eigenvalue weighted by Gasteiger charge is 2.00. The van der Waals surface area contributed by atoms with E-state index in [4.69, 9.17) is 5.11 Å². The van der Waals surface area contributed by atoms with Gasteiger partial charge in [0.05, 0.1) is 5.69 Å². The van der Waals surface area contributed by atoms with E-state index < -0.39 is 5.97 Å². The fourth-order valence-electron chi connectivity index (χ4n) is 1.67. The first-order valence-corrected chi connectivity index (χ1v) is 6.12. The van der Waals surface area contributed by atoms with Gasteiger partial charge < -0.3 is 10.4 Å². The molecule has 0 atom stereocenters. The number of aliphatic carboxylic acids is 1. The molecule has 1 rings (SSSR count). The van der Waals surface area contributed by atoms with E-state index in [1.165, 1.54) is 5.69 Å². The standard InChI is InChI=1S/C13H21N3O2/c1-10(13(17)18)5-7-14-6-4-8-16-12(3)9-11(2)15-16/h5,9,14H,4,6-8H2,1-3H3,(H,17,18)/b10-5-. The zero-order chi connectivity index (χ0) is 13.5. The topological polar surface area (TPSA) is 67.2 Å². The van der Waals surface area contributed by atoms with E-state index in [2.05, 4.69) is 16.5 Å². The molecule has 2 N–H and O–H groups in total. The van der Waals surface area contributed by atoms with E-state index in [0.29, 0.717) is 12.1 Å². The van der Waals surface area contributed by atoms with Crippen molar-refractivity contribution in [2.45, 2.75) is 33.7 Å². The third-order valence-electron chi connectivity index (χ3n) is 2.72. The first-order chi connectivity index (χ1) is 8.50. The van der Waals surface area contributed by atoms with Crippen LogP contribution in [0.25, 0.3) is 0 Å². The fraction of sp³-hybridized carbons (Fsp3) is 0.538. The highest BCUT2D eigenvalue weighted by Crippen LogP contribution is 2.02. The minimum Gasteiger partial charge on any atom is -0.478 e. The van der Waals surface area contributed by atoms with Crippen molar-refractivity contribution in [3.8, 4) is 0 Å². The predicted octanol–water partition coefficient (Wildman–Crippen LogP) is 1.51. The van der Waals surface area contributed by atoms with E-state index in [1.807, 2.05) is 18.5 Å².